The summed E-state index contributed by atoms with van der Waals surface area (Å²) >= 11 is 0. The summed E-state index contributed by atoms with van der Waals surface area (Å²) in [6.45, 7) is 4.31. The Bertz CT molecular complexity index is 522. The third-order valence-corrected chi connectivity index (χ3v) is 4.19. The summed E-state index contributed by atoms with van der Waals surface area (Å²) in [7, 11) is 1.82. The lowest BCUT2D eigenvalue weighted by Gasteiger charge is -2.32. The summed E-state index contributed by atoms with van der Waals surface area (Å²) < 4.78 is 1.72. The predicted octanol–water partition coefficient (Wildman–Crippen LogP) is 1.50. The molecule has 6 heteroatoms. The average molecular weight is 279 g/mol. The number of hydrogen-bond acceptors (Lipinski definition) is 3. The van der Waals surface area contributed by atoms with Crippen LogP contribution in [0.15, 0.2) is 6.20 Å². The Labute approximate surface area is 118 Å². The predicted molar refractivity (Wildman–Crippen MR) is 73.0 cm³/mol. The van der Waals surface area contributed by atoms with Gasteiger partial charge in [-0.15, -0.1) is 0 Å². The first-order valence-corrected chi connectivity index (χ1v) is 6.98. The molecule has 1 saturated heterocycles. The zero-order valence-electron chi connectivity index (χ0n) is 12.2. The van der Waals surface area contributed by atoms with Crippen molar-refractivity contribution in [2.24, 2.45) is 13.0 Å². The van der Waals surface area contributed by atoms with Crippen LogP contribution in [0, 0.1) is 12.8 Å². The molecule has 1 amide bonds. The molecule has 0 saturated carbocycles. The second-order valence-corrected chi connectivity index (χ2v) is 5.27. The van der Waals surface area contributed by atoms with Crippen LogP contribution < -0.4 is 0 Å². The number of nitrogens with zero attached hydrogens (tertiary/aromatic N) is 3. The number of carbonyl (C=O) groups is 2. The Morgan fingerprint density at radius 1 is 1.55 bits per heavy atom. The van der Waals surface area contributed by atoms with Gasteiger partial charge in [-0.25, -0.2) is 0 Å². The number of aromatic nitrogens is 2. The molecule has 0 radical (unpaired) electrons. The Kier molecular flexibility index (Phi) is 4.11. The van der Waals surface area contributed by atoms with Gasteiger partial charge >= 0.3 is 5.97 Å². The molecule has 1 aliphatic heterocycles. The van der Waals surface area contributed by atoms with Crippen molar-refractivity contribution >= 4 is 11.9 Å². The van der Waals surface area contributed by atoms with E-state index >= 15 is 0 Å². The molecule has 1 aromatic rings. The number of aryl methyl sites for hydroxylation is 1. The van der Waals surface area contributed by atoms with E-state index in [1.165, 1.54) is 0 Å². The lowest BCUT2D eigenvalue weighted by Crippen LogP contribution is -2.39. The zero-order chi connectivity index (χ0) is 14.9. The third-order valence-electron chi connectivity index (χ3n) is 4.19. The van der Waals surface area contributed by atoms with Gasteiger partial charge in [0.05, 0.1) is 18.2 Å². The summed E-state index contributed by atoms with van der Waals surface area (Å²) in [4.78, 5) is 25.5. The molecule has 2 unspecified atom stereocenters. The summed E-state index contributed by atoms with van der Waals surface area (Å²) in [6, 6.07) is -0.416. The van der Waals surface area contributed by atoms with Gasteiger partial charge in [0.1, 0.15) is 0 Å². The fraction of sp³-hybridized carbons (Fsp3) is 0.643. The first-order chi connectivity index (χ1) is 9.47. The van der Waals surface area contributed by atoms with Crippen molar-refractivity contribution in [1.29, 1.82) is 0 Å². The van der Waals surface area contributed by atoms with Gasteiger partial charge in [0.2, 0.25) is 5.91 Å². The van der Waals surface area contributed by atoms with Crippen molar-refractivity contribution < 1.29 is 14.7 Å². The monoisotopic (exact) mass is 279 g/mol. The SMILES string of the molecule is CCN1C(=O)CCCC(C(=O)O)C1c1cnn(C)c1C. The molecule has 0 aliphatic carbocycles. The molecule has 6 nitrogen and oxygen atoms in total. The minimum Gasteiger partial charge on any atom is -0.481 e. The quantitative estimate of drug-likeness (QED) is 0.910. The van der Waals surface area contributed by atoms with Crippen LogP contribution in [0.5, 0.6) is 0 Å². The first-order valence-electron chi connectivity index (χ1n) is 6.98. The molecule has 1 fully saturated rings. The minimum absolute atomic E-state index is 0.0319. The van der Waals surface area contributed by atoms with Gasteiger partial charge in [0.15, 0.2) is 0 Å². The van der Waals surface area contributed by atoms with E-state index in [1.807, 2.05) is 20.9 Å². The highest BCUT2D eigenvalue weighted by Gasteiger charge is 2.39. The van der Waals surface area contributed by atoms with Crippen molar-refractivity contribution in [2.45, 2.75) is 39.2 Å². The molecule has 110 valence electrons. The van der Waals surface area contributed by atoms with Gasteiger partial charge in [-0.2, -0.15) is 5.10 Å². The van der Waals surface area contributed by atoms with Crippen LogP contribution in [-0.2, 0) is 16.6 Å². The molecule has 2 atom stereocenters. The standard InChI is InChI=1S/C14H21N3O3/c1-4-17-12(18)7-5-6-10(14(19)20)13(17)11-8-15-16(3)9(11)2/h8,10,13H,4-7H2,1-3H3,(H,19,20). The van der Waals surface area contributed by atoms with Gasteiger partial charge in [0, 0.05) is 31.3 Å². The van der Waals surface area contributed by atoms with Gasteiger partial charge in [0.25, 0.3) is 0 Å². The van der Waals surface area contributed by atoms with Gasteiger partial charge in [-0.1, -0.05) is 0 Å². The molecule has 0 spiro atoms. The van der Waals surface area contributed by atoms with Crippen molar-refractivity contribution in [3.8, 4) is 0 Å². The Morgan fingerprint density at radius 3 is 2.75 bits per heavy atom. The number of likely N-dealkylation sites (tertiary alicyclic amines) is 1. The number of amides is 1. The van der Waals surface area contributed by atoms with Crippen LogP contribution in [0.3, 0.4) is 0 Å². The van der Waals surface area contributed by atoms with E-state index in [9.17, 15) is 14.7 Å². The molecular weight excluding hydrogens is 258 g/mol. The van der Waals surface area contributed by atoms with Crippen molar-refractivity contribution in [1.82, 2.24) is 14.7 Å². The maximum Gasteiger partial charge on any atom is 0.308 e. The number of carbonyl (C=O) groups excluding carboxylic acids is 1. The largest absolute Gasteiger partial charge is 0.481 e. The van der Waals surface area contributed by atoms with Crippen LogP contribution in [0.1, 0.15) is 43.5 Å². The lowest BCUT2D eigenvalue weighted by atomic mass is 9.89. The topological polar surface area (TPSA) is 75.4 Å². The average Bonchev–Trinajstić information content (AvgIpc) is 2.63. The summed E-state index contributed by atoms with van der Waals surface area (Å²) in [6.07, 6.45) is 3.27. The van der Waals surface area contributed by atoms with E-state index in [-0.39, 0.29) is 5.91 Å². The fourth-order valence-electron chi connectivity index (χ4n) is 2.97. The molecule has 0 aromatic carbocycles. The summed E-state index contributed by atoms with van der Waals surface area (Å²) in [5, 5.41) is 13.7. The Balaban J connectivity index is 2.51. The maximum absolute atomic E-state index is 12.2. The Hall–Kier alpha value is -1.85. The van der Waals surface area contributed by atoms with Crippen molar-refractivity contribution in [3.63, 3.8) is 0 Å². The van der Waals surface area contributed by atoms with E-state index in [2.05, 4.69) is 5.10 Å². The lowest BCUT2D eigenvalue weighted by molar-refractivity contribution is -0.146. The molecule has 1 aromatic heterocycles. The third kappa shape index (κ3) is 2.42. The second kappa shape index (κ2) is 5.64. The van der Waals surface area contributed by atoms with Crippen LogP contribution in [0.25, 0.3) is 0 Å². The summed E-state index contributed by atoms with van der Waals surface area (Å²) in [5.74, 6) is -1.37. The normalized spacial score (nSPS) is 23.8. The molecule has 2 heterocycles. The molecule has 0 bridgehead atoms. The number of aliphatic carboxylic acids is 1. The number of rotatable bonds is 3. The van der Waals surface area contributed by atoms with Gasteiger partial charge < -0.3 is 10.0 Å². The maximum atomic E-state index is 12.2. The highest BCUT2D eigenvalue weighted by molar-refractivity contribution is 5.79. The van der Waals surface area contributed by atoms with E-state index in [0.29, 0.717) is 25.8 Å². The highest BCUT2D eigenvalue weighted by Crippen LogP contribution is 2.36. The fourth-order valence-corrected chi connectivity index (χ4v) is 2.97. The van der Waals surface area contributed by atoms with E-state index in [1.54, 1.807) is 15.8 Å². The van der Waals surface area contributed by atoms with Crippen LogP contribution in [0.4, 0.5) is 0 Å². The number of carboxylic acid groups (broad SMARTS) is 1. The smallest absolute Gasteiger partial charge is 0.308 e. The highest BCUT2D eigenvalue weighted by atomic mass is 16.4. The minimum atomic E-state index is -0.841. The van der Waals surface area contributed by atoms with Crippen molar-refractivity contribution in [3.05, 3.63) is 17.5 Å². The molecule has 20 heavy (non-hydrogen) atoms. The van der Waals surface area contributed by atoms with E-state index in [4.69, 9.17) is 0 Å². The van der Waals surface area contributed by atoms with Gasteiger partial charge in [-0.05, 0) is 26.7 Å². The van der Waals surface area contributed by atoms with Crippen LogP contribution in [-0.4, -0.2) is 38.2 Å². The number of hydrogen-bond donors (Lipinski definition) is 1. The molecule has 2 rings (SSSR count). The van der Waals surface area contributed by atoms with E-state index in [0.717, 1.165) is 11.3 Å². The van der Waals surface area contributed by atoms with E-state index < -0.39 is 17.9 Å². The molecular formula is C14H21N3O3. The molecule has 1 N–H and O–H groups in total. The Morgan fingerprint density at radius 2 is 2.25 bits per heavy atom. The summed E-state index contributed by atoms with van der Waals surface area (Å²) in [5.41, 5.74) is 1.76. The van der Waals surface area contributed by atoms with Crippen LogP contribution in [0.2, 0.25) is 0 Å². The van der Waals surface area contributed by atoms with Crippen molar-refractivity contribution in [2.75, 3.05) is 6.54 Å². The first kappa shape index (κ1) is 14.6. The number of carboxylic acids is 1. The van der Waals surface area contributed by atoms with Gasteiger partial charge in [-0.3, -0.25) is 14.3 Å². The zero-order valence-corrected chi connectivity index (χ0v) is 12.2. The second-order valence-electron chi connectivity index (χ2n) is 5.27. The van der Waals surface area contributed by atoms with Crippen LogP contribution >= 0.6 is 0 Å². The molecule has 1 aliphatic rings.